The van der Waals surface area contributed by atoms with Gasteiger partial charge < -0.3 is 18.9 Å². The summed E-state index contributed by atoms with van der Waals surface area (Å²) in [6.45, 7) is 11.6. The van der Waals surface area contributed by atoms with Crippen molar-refractivity contribution in [3.63, 3.8) is 0 Å². The van der Waals surface area contributed by atoms with Crippen LogP contribution in [0.1, 0.15) is 100 Å². The molecular formula is C42H52O7. The number of fused-ring (bicyclic) bond motifs is 7. The Morgan fingerprint density at radius 1 is 0.796 bits per heavy atom. The van der Waals surface area contributed by atoms with Crippen LogP contribution in [-0.2, 0) is 23.7 Å². The molecule has 6 aliphatic rings. The monoisotopic (exact) mass is 668 g/mol. The van der Waals surface area contributed by atoms with E-state index in [1.165, 1.54) is 0 Å². The van der Waals surface area contributed by atoms with Crippen molar-refractivity contribution < 1.29 is 33.3 Å². The molecule has 6 fully saturated rings. The van der Waals surface area contributed by atoms with Crippen LogP contribution in [0.25, 0.3) is 0 Å². The number of hydrogen-bond donors (Lipinski definition) is 0. The molecule has 262 valence electrons. The second-order valence-electron chi connectivity index (χ2n) is 17.1. The molecule has 4 aliphatic carbocycles. The highest BCUT2D eigenvalue weighted by atomic mass is 16.7. The lowest BCUT2D eigenvalue weighted by Crippen LogP contribution is -2.61. The number of ketones is 1. The Kier molecular flexibility index (Phi) is 8.14. The average molecular weight is 669 g/mol. The summed E-state index contributed by atoms with van der Waals surface area (Å²) in [5.41, 5.74) is 0.942. The van der Waals surface area contributed by atoms with Gasteiger partial charge in [-0.3, -0.25) is 4.79 Å². The molecule has 2 aromatic carbocycles. The summed E-state index contributed by atoms with van der Waals surface area (Å²) < 4.78 is 26.1. The van der Waals surface area contributed by atoms with Crippen molar-refractivity contribution in [2.45, 2.75) is 104 Å². The molecule has 2 aromatic rings. The van der Waals surface area contributed by atoms with Crippen molar-refractivity contribution in [3.8, 4) is 0 Å². The minimum Gasteiger partial charge on any atom is -0.459 e. The van der Waals surface area contributed by atoms with Crippen molar-refractivity contribution in [1.82, 2.24) is 0 Å². The summed E-state index contributed by atoms with van der Waals surface area (Å²) in [7, 11) is 0. The van der Waals surface area contributed by atoms with E-state index in [-0.39, 0.29) is 76.5 Å². The smallest absolute Gasteiger partial charge is 0.338 e. The number of hydrogen-bond acceptors (Lipinski definition) is 7. The van der Waals surface area contributed by atoms with Gasteiger partial charge in [0.25, 0.3) is 0 Å². The Morgan fingerprint density at radius 2 is 1.45 bits per heavy atom. The van der Waals surface area contributed by atoms with Crippen molar-refractivity contribution in [2.75, 3.05) is 6.61 Å². The molecule has 0 radical (unpaired) electrons. The van der Waals surface area contributed by atoms with Gasteiger partial charge in [-0.2, -0.15) is 0 Å². The van der Waals surface area contributed by atoms with Crippen LogP contribution in [0.3, 0.4) is 0 Å². The highest BCUT2D eigenvalue weighted by molar-refractivity contribution is 5.90. The minimum absolute atomic E-state index is 0.0546. The topological polar surface area (TPSA) is 88.1 Å². The van der Waals surface area contributed by atoms with Crippen molar-refractivity contribution in [3.05, 3.63) is 71.8 Å². The zero-order valence-corrected chi connectivity index (χ0v) is 29.6. The largest absolute Gasteiger partial charge is 0.459 e. The molecule has 1 spiro atoms. The molecule has 14 atom stereocenters. The SMILES string of the molecule is C[C@H]1CO[C@@]2(O[C@H]3C[C@H]4[C@@H]5CC[C@H]6C[C@H](OC(=O)c7ccccc7)CC[C@]6(C)[C@H]5[C@@H](OC(=O)c5ccccc5)C[C@]4(C)[C@H]3[C@@H]2C)C(=O)[C@@H]1C. The minimum atomic E-state index is -1.18. The number of carbonyl (C=O) groups is 3. The summed E-state index contributed by atoms with van der Waals surface area (Å²) in [6, 6.07) is 18.6. The number of Topliss-reactive ketones (excluding diaryl/α,β-unsaturated/α-hetero) is 1. The molecule has 2 heterocycles. The van der Waals surface area contributed by atoms with E-state index in [9.17, 15) is 14.4 Å². The molecule has 4 saturated carbocycles. The lowest BCUT2D eigenvalue weighted by molar-refractivity contribution is -0.259. The highest BCUT2D eigenvalue weighted by Gasteiger charge is 2.73. The Hall–Kier alpha value is -3.03. The molecule has 0 bridgehead atoms. The second-order valence-corrected chi connectivity index (χ2v) is 17.1. The third-order valence-corrected chi connectivity index (χ3v) is 14.8. The van der Waals surface area contributed by atoms with E-state index in [1.807, 2.05) is 67.6 Å². The lowest BCUT2D eigenvalue weighted by atomic mass is 9.43. The molecule has 7 nitrogen and oxygen atoms in total. The van der Waals surface area contributed by atoms with E-state index in [0.29, 0.717) is 35.5 Å². The molecule has 0 amide bonds. The van der Waals surface area contributed by atoms with Crippen molar-refractivity contribution >= 4 is 17.7 Å². The van der Waals surface area contributed by atoms with Crippen LogP contribution >= 0.6 is 0 Å². The molecule has 0 unspecified atom stereocenters. The third kappa shape index (κ3) is 5.07. The first kappa shape index (κ1) is 33.1. The van der Waals surface area contributed by atoms with Crippen LogP contribution in [0.15, 0.2) is 60.7 Å². The van der Waals surface area contributed by atoms with Gasteiger partial charge in [0.1, 0.15) is 12.2 Å². The Bertz CT molecular complexity index is 1590. The predicted molar refractivity (Wildman–Crippen MR) is 183 cm³/mol. The molecule has 2 saturated heterocycles. The van der Waals surface area contributed by atoms with Crippen LogP contribution in [0.2, 0.25) is 0 Å². The number of ether oxygens (including phenoxy) is 4. The van der Waals surface area contributed by atoms with Gasteiger partial charge in [0.05, 0.1) is 23.8 Å². The highest BCUT2D eigenvalue weighted by Crippen LogP contribution is 2.71. The maximum atomic E-state index is 13.9. The Balaban J connectivity index is 1.09. The third-order valence-electron chi connectivity index (χ3n) is 14.8. The van der Waals surface area contributed by atoms with Gasteiger partial charge >= 0.3 is 11.9 Å². The van der Waals surface area contributed by atoms with Crippen LogP contribution < -0.4 is 0 Å². The van der Waals surface area contributed by atoms with E-state index >= 15 is 0 Å². The Labute approximate surface area is 290 Å². The van der Waals surface area contributed by atoms with Gasteiger partial charge in [0.15, 0.2) is 5.78 Å². The van der Waals surface area contributed by atoms with E-state index in [2.05, 4.69) is 27.7 Å². The number of benzene rings is 2. The van der Waals surface area contributed by atoms with E-state index in [1.54, 1.807) is 0 Å². The standard InChI is InChI=1S/C42H52O7/c1-24-23-46-42(37(43)25(24)2)26(3)35-33(49-42)21-32-31-17-16-29-20-30(47-38(44)27-12-8-6-9-13-27)18-19-40(29,4)36(31)34(22-41(32,35)5)48-39(45)28-14-10-7-11-15-28/h6-15,24-26,29-36H,16-23H2,1-5H3/t24-,25+,26-,29-,30+,31-,32-,33-,34-,35-,36+,40-,41-,42-/m0/s1. The van der Waals surface area contributed by atoms with Gasteiger partial charge in [-0.05, 0) is 110 Å². The predicted octanol–water partition coefficient (Wildman–Crippen LogP) is 7.92. The molecule has 8 rings (SSSR count). The molecule has 49 heavy (non-hydrogen) atoms. The number of esters is 2. The number of rotatable bonds is 4. The normalized spacial score (nSPS) is 45.5. The quantitative estimate of drug-likeness (QED) is 0.306. The maximum absolute atomic E-state index is 13.9. The fraction of sp³-hybridized carbons (Fsp3) is 0.643. The zero-order valence-electron chi connectivity index (χ0n) is 29.6. The average Bonchev–Trinajstić information content (AvgIpc) is 3.56. The van der Waals surface area contributed by atoms with Crippen LogP contribution in [-0.4, -0.2) is 48.4 Å². The fourth-order valence-electron chi connectivity index (χ4n) is 12.2. The molecule has 7 heteroatoms. The van der Waals surface area contributed by atoms with Gasteiger partial charge in [-0.25, -0.2) is 9.59 Å². The summed E-state index contributed by atoms with van der Waals surface area (Å²) >= 11 is 0. The zero-order chi connectivity index (χ0) is 34.3. The second kappa shape index (κ2) is 12.0. The summed E-state index contributed by atoms with van der Waals surface area (Å²) in [6.07, 6.45) is 5.90. The van der Waals surface area contributed by atoms with Gasteiger partial charge in [-0.15, -0.1) is 0 Å². The Morgan fingerprint density at radius 3 is 2.12 bits per heavy atom. The van der Waals surface area contributed by atoms with Crippen molar-refractivity contribution in [2.24, 2.45) is 58.2 Å². The number of carbonyl (C=O) groups excluding carboxylic acids is 3. The van der Waals surface area contributed by atoms with Crippen LogP contribution in [0, 0.1) is 58.2 Å². The van der Waals surface area contributed by atoms with Crippen LogP contribution in [0.5, 0.6) is 0 Å². The first-order chi connectivity index (χ1) is 23.5. The molecule has 0 N–H and O–H groups in total. The maximum Gasteiger partial charge on any atom is 0.338 e. The molecular weight excluding hydrogens is 616 g/mol. The van der Waals surface area contributed by atoms with E-state index < -0.39 is 5.79 Å². The molecule has 0 aromatic heterocycles. The van der Waals surface area contributed by atoms with Gasteiger partial charge in [0.2, 0.25) is 5.79 Å². The summed E-state index contributed by atoms with van der Waals surface area (Å²) in [5, 5.41) is 0. The first-order valence-electron chi connectivity index (χ1n) is 18.8. The fourth-order valence-corrected chi connectivity index (χ4v) is 12.2. The van der Waals surface area contributed by atoms with E-state index in [0.717, 1.165) is 44.9 Å². The van der Waals surface area contributed by atoms with Gasteiger partial charge in [0, 0.05) is 17.8 Å². The van der Waals surface area contributed by atoms with Crippen LogP contribution in [0.4, 0.5) is 0 Å². The lowest BCUT2D eigenvalue weighted by Gasteiger charge is -2.63. The van der Waals surface area contributed by atoms with Gasteiger partial charge in [-0.1, -0.05) is 71.0 Å². The molecule has 2 aliphatic heterocycles. The van der Waals surface area contributed by atoms with Crippen molar-refractivity contribution in [1.29, 1.82) is 0 Å². The van der Waals surface area contributed by atoms with E-state index in [4.69, 9.17) is 18.9 Å². The first-order valence-corrected chi connectivity index (χ1v) is 18.8. The summed E-state index contributed by atoms with van der Waals surface area (Å²) in [5.74, 6) is -0.149. The summed E-state index contributed by atoms with van der Waals surface area (Å²) in [4.78, 5) is 40.7.